The van der Waals surface area contributed by atoms with E-state index in [1.54, 1.807) is 5.38 Å². The van der Waals surface area contributed by atoms with Gasteiger partial charge in [0.2, 0.25) is 10.0 Å². The van der Waals surface area contributed by atoms with Crippen molar-refractivity contribution in [2.75, 3.05) is 45.9 Å². The molecule has 0 aliphatic carbocycles. The summed E-state index contributed by atoms with van der Waals surface area (Å²) in [6, 6.07) is 1.64. The van der Waals surface area contributed by atoms with Crippen LogP contribution >= 0.6 is 11.3 Å². The van der Waals surface area contributed by atoms with E-state index in [0.29, 0.717) is 32.2 Å². The number of hydrogen-bond donors (Lipinski definition) is 1. The van der Waals surface area contributed by atoms with Gasteiger partial charge in [-0.05, 0) is 30.2 Å². The molecular formula is C18H29N3O4S2. The zero-order valence-corrected chi connectivity index (χ0v) is 17.7. The number of piperidine rings is 1. The van der Waals surface area contributed by atoms with Gasteiger partial charge < -0.3 is 15.0 Å². The molecular weight excluding hydrogens is 386 g/mol. The van der Waals surface area contributed by atoms with E-state index >= 15 is 0 Å². The number of carbonyl (C=O) groups excluding carboxylic acids is 1. The summed E-state index contributed by atoms with van der Waals surface area (Å²) >= 11 is 1.19. The van der Waals surface area contributed by atoms with Crippen LogP contribution in [0.15, 0.2) is 16.3 Å². The van der Waals surface area contributed by atoms with E-state index in [0.717, 1.165) is 32.5 Å². The van der Waals surface area contributed by atoms with Crippen molar-refractivity contribution in [3.63, 3.8) is 0 Å². The highest BCUT2D eigenvalue weighted by atomic mass is 32.2. The van der Waals surface area contributed by atoms with Gasteiger partial charge in [0.25, 0.3) is 5.91 Å². The second-order valence-corrected chi connectivity index (χ2v) is 10.4. The lowest BCUT2D eigenvalue weighted by atomic mass is 10.0. The first-order chi connectivity index (χ1) is 12.9. The van der Waals surface area contributed by atoms with Crippen molar-refractivity contribution in [1.82, 2.24) is 14.5 Å². The summed E-state index contributed by atoms with van der Waals surface area (Å²) in [6.07, 6.45) is 1.80. The number of nitrogens with one attached hydrogen (secondary N) is 1. The molecule has 0 aromatic carbocycles. The quantitative estimate of drug-likeness (QED) is 0.764. The summed E-state index contributed by atoms with van der Waals surface area (Å²) in [5, 5.41) is 4.72. The molecule has 0 atom stereocenters. The van der Waals surface area contributed by atoms with Crippen LogP contribution in [0.25, 0.3) is 0 Å². The summed E-state index contributed by atoms with van der Waals surface area (Å²) in [7, 11) is -3.66. The Morgan fingerprint density at radius 2 is 1.93 bits per heavy atom. The third-order valence-corrected chi connectivity index (χ3v) is 7.95. The predicted molar refractivity (Wildman–Crippen MR) is 106 cm³/mol. The summed E-state index contributed by atoms with van der Waals surface area (Å²) in [5.41, 5.74) is 0. The molecule has 0 bridgehead atoms. The van der Waals surface area contributed by atoms with E-state index < -0.39 is 10.0 Å². The third kappa shape index (κ3) is 5.08. The van der Waals surface area contributed by atoms with Crippen LogP contribution < -0.4 is 5.32 Å². The smallest absolute Gasteiger partial charge is 0.262 e. The second-order valence-electron chi connectivity index (χ2n) is 7.57. The number of carbonyl (C=O) groups is 1. The number of likely N-dealkylation sites (tertiary alicyclic amines) is 1. The van der Waals surface area contributed by atoms with Crippen LogP contribution in [0, 0.1) is 5.92 Å². The summed E-state index contributed by atoms with van der Waals surface area (Å²) in [4.78, 5) is 15.6. The Kier molecular flexibility index (Phi) is 6.91. The van der Waals surface area contributed by atoms with Gasteiger partial charge in [0.1, 0.15) is 9.77 Å². The monoisotopic (exact) mass is 415 g/mol. The third-order valence-electron chi connectivity index (χ3n) is 4.97. The number of hydrogen-bond acceptors (Lipinski definition) is 6. The van der Waals surface area contributed by atoms with E-state index in [2.05, 4.69) is 24.1 Å². The van der Waals surface area contributed by atoms with Crippen molar-refractivity contribution in [1.29, 1.82) is 0 Å². The Morgan fingerprint density at radius 3 is 2.56 bits per heavy atom. The van der Waals surface area contributed by atoms with Crippen LogP contribution in [-0.4, -0.2) is 75.5 Å². The van der Waals surface area contributed by atoms with Gasteiger partial charge >= 0.3 is 0 Å². The summed E-state index contributed by atoms with van der Waals surface area (Å²) < 4.78 is 32.4. The van der Waals surface area contributed by atoms with Gasteiger partial charge in [0.05, 0.1) is 13.2 Å². The molecule has 2 saturated heterocycles. The Labute approximate surface area is 165 Å². The average Bonchev–Trinajstić information content (AvgIpc) is 3.14. The lowest BCUT2D eigenvalue weighted by Gasteiger charge is -2.33. The van der Waals surface area contributed by atoms with Gasteiger partial charge in [-0.3, -0.25) is 4.79 Å². The van der Waals surface area contributed by atoms with Crippen LogP contribution in [0.3, 0.4) is 0 Å². The lowest BCUT2D eigenvalue weighted by molar-refractivity contribution is 0.0730. The maximum atomic E-state index is 12.9. The number of morpholine rings is 1. The average molecular weight is 416 g/mol. The van der Waals surface area contributed by atoms with Crippen LogP contribution in [0.4, 0.5) is 0 Å². The molecule has 1 aromatic rings. The molecule has 1 N–H and O–H groups in total. The van der Waals surface area contributed by atoms with E-state index in [4.69, 9.17) is 4.74 Å². The molecule has 1 aromatic heterocycles. The molecule has 2 aliphatic rings. The number of ether oxygens (including phenoxy) is 1. The van der Waals surface area contributed by atoms with Gasteiger partial charge in [-0.15, -0.1) is 11.3 Å². The van der Waals surface area contributed by atoms with Gasteiger partial charge in [0.15, 0.2) is 0 Å². The van der Waals surface area contributed by atoms with Gasteiger partial charge in [0, 0.05) is 38.8 Å². The highest BCUT2D eigenvalue weighted by Crippen LogP contribution is 2.26. The normalized spacial score (nSPS) is 20.9. The minimum Gasteiger partial charge on any atom is -0.379 e. The van der Waals surface area contributed by atoms with Crippen molar-refractivity contribution in [3.05, 3.63) is 16.3 Å². The molecule has 9 heteroatoms. The molecule has 1 amide bonds. The summed E-state index contributed by atoms with van der Waals surface area (Å²) in [6.45, 7) is 8.86. The first-order valence-corrected chi connectivity index (χ1v) is 11.9. The van der Waals surface area contributed by atoms with Crippen molar-refractivity contribution < 1.29 is 17.9 Å². The fourth-order valence-corrected chi connectivity index (χ4v) is 6.33. The number of amides is 1. The van der Waals surface area contributed by atoms with Gasteiger partial charge in [-0.1, -0.05) is 13.8 Å². The molecule has 27 heavy (non-hydrogen) atoms. The summed E-state index contributed by atoms with van der Waals surface area (Å²) in [5.74, 6) is 0.356. The minimum absolute atomic E-state index is 0.0990. The lowest BCUT2D eigenvalue weighted by Crippen LogP contribution is -2.45. The topological polar surface area (TPSA) is 79.0 Å². The number of rotatable bonds is 6. The zero-order chi connectivity index (χ0) is 19.4. The highest BCUT2D eigenvalue weighted by molar-refractivity contribution is 7.89. The van der Waals surface area contributed by atoms with Gasteiger partial charge in [-0.2, -0.15) is 4.31 Å². The Balaban J connectivity index is 1.63. The van der Waals surface area contributed by atoms with Crippen LogP contribution in [-0.2, 0) is 14.8 Å². The van der Waals surface area contributed by atoms with E-state index in [1.807, 2.05) is 0 Å². The minimum atomic E-state index is -3.66. The van der Waals surface area contributed by atoms with Crippen molar-refractivity contribution in [2.24, 2.45) is 5.92 Å². The number of nitrogens with zero attached hydrogens (tertiary/aromatic N) is 2. The SMILES string of the molecule is CC(C)CN1CCC(NC(=O)c2sccc2S(=O)(=O)N2CCOCC2)CC1. The molecule has 0 spiro atoms. The highest BCUT2D eigenvalue weighted by Gasteiger charge is 2.32. The first kappa shape index (κ1) is 20.7. The molecule has 2 fully saturated rings. The van der Waals surface area contributed by atoms with Crippen LogP contribution in [0.1, 0.15) is 36.4 Å². The molecule has 3 rings (SSSR count). The molecule has 2 aliphatic heterocycles. The fraction of sp³-hybridized carbons (Fsp3) is 0.722. The second kappa shape index (κ2) is 9.00. The first-order valence-electron chi connectivity index (χ1n) is 9.56. The van der Waals surface area contributed by atoms with Crippen molar-refractivity contribution in [3.8, 4) is 0 Å². The fourth-order valence-electron chi connectivity index (χ4n) is 3.62. The van der Waals surface area contributed by atoms with Crippen molar-refractivity contribution >= 4 is 27.3 Å². The maximum absolute atomic E-state index is 12.9. The van der Waals surface area contributed by atoms with E-state index in [9.17, 15) is 13.2 Å². The maximum Gasteiger partial charge on any atom is 0.262 e. The largest absolute Gasteiger partial charge is 0.379 e. The molecule has 152 valence electrons. The van der Waals surface area contributed by atoms with E-state index in [1.165, 1.54) is 21.7 Å². The number of sulfonamides is 1. The van der Waals surface area contributed by atoms with Crippen LogP contribution in [0.5, 0.6) is 0 Å². The predicted octanol–water partition coefficient (Wildman–Crippen LogP) is 1.62. The standard InChI is InChI=1S/C18H29N3O4S2/c1-14(2)13-20-6-3-15(4-7-20)19-18(22)17-16(5-12-26-17)27(23,24)21-8-10-25-11-9-21/h5,12,14-15H,3-4,6-11,13H2,1-2H3,(H,19,22). The molecule has 0 unspecified atom stereocenters. The van der Waals surface area contributed by atoms with Crippen LogP contribution in [0.2, 0.25) is 0 Å². The molecule has 7 nitrogen and oxygen atoms in total. The molecule has 0 saturated carbocycles. The Morgan fingerprint density at radius 1 is 1.26 bits per heavy atom. The van der Waals surface area contributed by atoms with Gasteiger partial charge in [-0.25, -0.2) is 8.42 Å². The Bertz CT molecular complexity index is 734. The molecule has 0 radical (unpaired) electrons. The zero-order valence-electron chi connectivity index (χ0n) is 16.0. The Hall–Kier alpha value is -1.00. The number of thiophene rings is 1. The molecule has 3 heterocycles. The van der Waals surface area contributed by atoms with E-state index in [-0.39, 0.29) is 21.7 Å². The van der Waals surface area contributed by atoms with Crippen molar-refractivity contribution in [2.45, 2.75) is 37.6 Å².